The van der Waals surface area contributed by atoms with E-state index in [4.69, 9.17) is 9.47 Å². The maximum Gasteiger partial charge on any atom is 0.0805 e. The molecule has 0 amide bonds. The Morgan fingerprint density at radius 2 is 0.857 bits per heavy atom. The van der Waals surface area contributed by atoms with Crippen LogP contribution >= 0.6 is 0 Å². The SMILES string of the molecule is CCCCCCCCCCCCOCC(CC)OCCCCCCCCCC. The zero-order valence-corrected chi connectivity index (χ0v) is 20.0. The van der Waals surface area contributed by atoms with Crippen molar-refractivity contribution in [1.29, 1.82) is 0 Å². The molecular weight excluding hydrogens is 344 g/mol. The molecule has 2 heteroatoms. The molecule has 28 heavy (non-hydrogen) atoms. The number of ether oxygens (including phenoxy) is 2. The summed E-state index contributed by atoms with van der Waals surface area (Å²) in [4.78, 5) is 0. The third-order valence-corrected chi connectivity index (χ3v) is 5.75. The van der Waals surface area contributed by atoms with Crippen LogP contribution in [0, 0.1) is 0 Å². The largest absolute Gasteiger partial charge is 0.379 e. The second-order valence-electron chi connectivity index (χ2n) is 8.63. The van der Waals surface area contributed by atoms with E-state index in [1.54, 1.807) is 0 Å². The Morgan fingerprint density at radius 3 is 1.29 bits per heavy atom. The standard InChI is InChI=1S/C26H54O2/c1-4-7-9-11-13-15-16-17-19-21-23-27-25-26(6-3)28-24-22-20-18-14-12-10-8-5-2/h26H,4-25H2,1-3H3. The van der Waals surface area contributed by atoms with Gasteiger partial charge in [-0.3, -0.25) is 0 Å². The number of rotatable bonds is 24. The quantitative estimate of drug-likeness (QED) is 0.151. The van der Waals surface area contributed by atoms with Crippen LogP contribution in [0.25, 0.3) is 0 Å². The lowest BCUT2D eigenvalue weighted by molar-refractivity contribution is -0.0200. The van der Waals surface area contributed by atoms with E-state index in [-0.39, 0.29) is 0 Å². The summed E-state index contributed by atoms with van der Waals surface area (Å²) in [6.07, 6.45) is 26.1. The molecule has 0 aliphatic heterocycles. The van der Waals surface area contributed by atoms with E-state index in [1.807, 2.05) is 0 Å². The summed E-state index contributed by atoms with van der Waals surface area (Å²) in [5.41, 5.74) is 0. The van der Waals surface area contributed by atoms with E-state index in [0.717, 1.165) is 26.2 Å². The molecule has 170 valence electrons. The van der Waals surface area contributed by atoms with E-state index in [1.165, 1.54) is 116 Å². The average molecular weight is 399 g/mol. The first-order valence-electron chi connectivity index (χ1n) is 13.0. The molecule has 0 heterocycles. The molecule has 1 atom stereocenters. The molecule has 0 fully saturated rings. The Morgan fingerprint density at radius 1 is 0.464 bits per heavy atom. The van der Waals surface area contributed by atoms with Gasteiger partial charge in [0.1, 0.15) is 0 Å². The predicted molar refractivity (Wildman–Crippen MR) is 125 cm³/mol. The molecule has 0 aromatic heterocycles. The van der Waals surface area contributed by atoms with Crippen LogP contribution in [-0.2, 0) is 9.47 Å². The van der Waals surface area contributed by atoms with Crippen molar-refractivity contribution in [3.63, 3.8) is 0 Å². The first kappa shape index (κ1) is 27.9. The molecule has 0 radical (unpaired) electrons. The molecule has 0 saturated carbocycles. The normalized spacial score (nSPS) is 12.5. The Balaban J connectivity index is 3.27. The van der Waals surface area contributed by atoms with Crippen LogP contribution < -0.4 is 0 Å². The fourth-order valence-corrected chi connectivity index (χ4v) is 3.68. The van der Waals surface area contributed by atoms with Gasteiger partial charge in [0, 0.05) is 13.2 Å². The van der Waals surface area contributed by atoms with Crippen molar-refractivity contribution in [3.05, 3.63) is 0 Å². The smallest absolute Gasteiger partial charge is 0.0805 e. The van der Waals surface area contributed by atoms with E-state index < -0.39 is 0 Å². The second kappa shape index (κ2) is 25.0. The highest BCUT2D eigenvalue weighted by atomic mass is 16.5. The van der Waals surface area contributed by atoms with Gasteiger partial charge in [0.15, 0.2) is 0 Å². The number of hydrogen-bond acceptors (Lipinski definition) is 2. The Hall–Kier alpha value is -0.0800. The minimum atomic E-state index is 0.299. The maximum absolute atomic E-state index is 6.01. The zero-order valence-electron chi connectivity index (χ0n) is 20.0. The van der Waals surface area contributed by atoms with Crippen LogP contribution in [0.1, 0.15) is 143 Å². The van der Waals surface area contributed by atoms with Gasteiger partial charge in [0.2, 0.25) is 0 Å². The van der Waals surface area contributed by atoms with Gasteiger partial charge in [0.05, 0.1) is 12.7 Å². The van der Waals surface area contributed by atoms with Gasteiger partial charge < -0.3 is 9.47 Å². The lowest BCUT2D eigenvalue weighted by atomic mass is 10.1. The number of hydrogen-bond donors (Lipinski definition) is 0. The van der Waals surface area contributed by atoms with Crippen molar-refractivity contribution in [3.8, 4) is 0 Å². The topological polar surface area (TPSA) is 18.5 Å². The maximum atomic E-state index is 6.01. The fourth-order valence-electron chi connectivity index (χ4n) is 3.68. The predicted octanol–water partition coefficient (Wildman–Crippen LogP) is 8.86. The Kier molecular flexibility index (Phi) is 24.9. The van der Waals surface area contributed by atoms with Gasteiger partial charge in [-0.1, -0.05) is 124 Å². The van der Waals surface area contributed by atoms with Gasteiger partial charge in [0.25, 0.3) is 0 Å². The van der Waals surface area contributed by atoms with E-state index in [2.05, 4.69) is 20.8 Å². The zero-order chi connectivity index (χ0) is 20.5. The highest BCUT2D eigenvalue weighted by Gasteiger charge is 2.06. The molecule has 0 aromatic rings. The van der Waals surface area contributed by atoms with Crippen molar-refractivity contribution in [2.24, 2.45) is 0 Å². The molecule has 0 rings (SSSR count). The van der Waals surface area contributed by atoms with E-state index >= 15 is 0 Å². The lowest BCUT2D eigenvalue weighted by Crippen LogP contribution is -2.20. The molecule has 1 unspecified atom stereocenters. The first-order chi connectivity index (χ1) is 13.8. The highest BCUT2D eigenvalue weighted by molar-refractivity contribution is 4.55. The van der Waals surface area contributed by atoms with Gasteiger partial charge in [-0.2, -0.15) is 0 Å². The molecule has 2 nitrogen and oxygen atoms in total. The van der Waals surface area contributed by atoms with E-state index in [9.17, 15) is 0 Å². The van der Waals surface area contributed by atoms with Crippen LogP contribution in [0.2, 0.25) is 0 Å². The summed E-state index contributed by atoms with van der Waals surface area (Å²) >= 11 is 0. The molecule has 0 N–H and O–H groups in total. The summed E-state index contributed by atoms with van der Waals surface area (Å²) < 4.78 is 11.9. The van der Waals surface area contributed by atoms with Crippen LogP contribution in [0.4, 0.5) is 0 Å². The molecule has 0 saturated heterocycles. The van der Waals surface area contributed by atoms with Crippen molar-refractivity contribution in [1.82, 2.24) is 0 Å². The average Bonchev–Trinajstić information content (AvgIpc) is 2.71. The second-order valence-corrected chi connectivity index (χ2v) is 8.63. The van der Waals surface area contributed by atoms with Crippen LogP contribution in [0.15, 0.2) is 0 Å². The summed E-state index contributed by atoms with van der Waals surface area (Å²) in [6.45, 7) is 9.38. The van der Waals surface area contributed by atoms with Gasteiger partial charge in [-0.15, -0.1) is 0 Å². The van der Waals surface area contributed by atoms with E-state index in [0.29, 0.717) is 6.10 Å². The van der Waals surface area contributed by atoms with Gasteiger partial charge in [-0.25, -0.2) is 0 Å². The van der Waals surface area contributed by atoms with Crippen LogP contribution in [0.5, 0.6) is 0 Å². The third kappa shape index (κ3) is 22.2. The molecule has 0 spiro atoms. The monoisotopic (exact) mass is 398 g/mol. The Labute approximate surface area is 178 Å². The summed E-state index contributed by atoms with van der Waals surface area (Å²) in [5, 5.41) is 0. The van der Waals surface area contributed by atoms with Crippen molar-refractivity contribution in [2.75, 3.05) is 19.8 Å². The fraction of sp³-hybridized carbons (Fsp3) is 1.00. The minimum Gasteiger partial charge on any atom is -0.379 e. The van der Waals surface area contributed by atoms with Crippen molar-refractivity contribution < 1.29 is 9.47 Å². The summed E-state index contributed by atoms with van der Waals surface area (Å²) in [7, 11) is 0. The lowest BCUT2D eigenvalue weighted by Gasteiger charge is -2.16. The third-order valence-electron chi connectivity index (χ3n) is 5.75. The summed E-state index contributed by atoms with van der Waals surface area (Å²) in [6, 6.07) is 0. The summed E-state index contributed by atoms with van der Waals surface area (Å²) in [5.74, 6) is 0. The molecule has 0 aromatic carbocycles. The van der Waals surface area contributed by atoms with Crippen molar-refractivity contribution >= 4 is 0 Å². The van der Waals surface area contributed by atoms with Crippen molar-refractivity contribution in [2.45, 2.75) is 149 Å². The molecule has 0 aliphatic rings. The number of unbranched alkanes of at least 4 members (excludes halogenated alkanes) is 16. The first-order valence-corrected chi connectivity index (χ1v) is 13.0. The Bertz CT molecular complexity index is 267. The highest BCUT2D eigenvalue weighted by Crippen LogP contribution is 2.11. The van der Waals surface area contributed by atoms with Crippen LogP contribution in [0.3, 0.4) is 0 Å². The van der Waals surface area contributed by atoms with Crippen LogP contribution in [-0.4, -0.2) is 25.9 Å². The minimum absolute atomic E-state index is 0.299. The molecule has 0 aliphatic carbocycles. The molecular formula is C26H54O2. The molecule has 0 bridgehead atoms. The van der Waals surface area contributed by atoms with Gasteiger partial charge >= 0.3 is 0 Å². The van der Waals surface area contributed by atoms with Gasteiger partial charge in [-0.05, 0) is 19.3 Å².